The van der Waals surface area contributed by atoms with E-state index in [1.807, 2.05) is 13.0 Å². The molecular formula is C24H18F3N3O4S. The van der Waals surface area contributed by atoms with Crippen molar-refractivity contribution in [1.82, 2.24) is 9.78 Å². The van der Waals surface area contributed by atoms with E-state index >= 15 is 0 Å². The first-order valence-corrected chi connectivity index (χ1v) is 11.3. The van der Waals surface area contributed by atoms with Crippen LogP contribution in [0.3, 0.4) is 0 Å². The maximum atomic E-state index is 13.4. The summed E-state index contributed by atoms with van der Waals surface area (Å²) in [7, 11) is 0. The molecule has 0 aliphatic rings. The Kier molecular flexibility index (Phi) is 6.44. The average Bonchev–Trinajstić information content (AvgIpc) is 3.23. The number of esters is 1. The second-order valence-electron chi connectivity index (χ2n) is 7.48. The monoisotopic (exact) mass is 501 g/mol. The van der Waals surface area contributed by atoms with Gasteiger partial charge < -0.3 is 10.1 Å². The van der Waals surface area contributed by atoms with Gasteiger partial charge in [0, 0.05) is 10.8 Å². The van der Waals surface area contributed by atoms with Crippen molar-refractivity contribution in [2.75, 3.05) is 11.9 Å². The molecule has 2 aromatic carbocycles. The Hall–Kier alpha value is -3.99. The summed E-state index contributed by atoms with van der Waals surface area (Å²) in [5.41, 5.74) is -1.32. The molecule has 0 saturated carbocycles. The number of hydrogen-bond acceptors (Lipinski definition) is 6. The number of carbonyl (C=O) groups excluding carboxylic acids is 2. The largest absolute Gasteiger partial charge is 0.461 e. The van der Waals surface area contributed by atoms with Crippen LogP contribution in [0.1, 0.15) is 38.9 Å². The smallest absolute Gasteiger partial charge is 0.417 e. The summed E-state index contributed by atoms with van der Waals surface area (Å²) in [4.78, 5) is 38.9. The second kappa shape index (κ2) is 9.34. The topological polar surface area (TPSA) is 90.3 Å². The lowest BCUT2D eigenvalue weighted by atomic mass is 10.1. The molecule has 4 aromatic rings. The lowest BCUT2D eigenvalue weighted by Gasteiger charge is -2.13. The summed E-state index contributed by atoms with van der Waals surface area (Å²) in [6, 6.07) is 11.2. The normalized spacial score (nSPS) is 11.5. The summed E-state index contributed by atoms with van der Waals surface area (Å²) in [6.45, 7) is 3.49. The molecule has 0 atom stereocenters. The van der Waals surface area contributed by atoms with Crippen molar-refractivity contribution in [2.24, 2.45) is 0 Å². The SMILES string of the molecule is CCOC(=O)c1nn(-c2cccc(C)c2)c(=O)c2c(NC(=O)c3ccccc3C(F)(F)F)scc12. The number of carbonyl (C=O) groups is 2. The minimum atomic E-state index is -4.75. The van der Waals surface area contributed by atoms with E-state index in [2.05, 4.69) is 10.4 Å². The predicted octanol–water partition coefficient (Wildman–Crippen LogP) is 5.20. The number of aromatic nitrogens is 2. The van der Waals surface area contributed by atoms with Crippen LogP contribution in [0.5, 0.6) is 0 Å². The summed E-state index contributed by atoms with van der Waals surface area (Å²) in [5, 5.41) is 8.10. The minimum Gasteiger partial charge on any atom is -0.461 e. The van der Waals surface area contributed by atoms with Gasteiger partial charge in [0.1, 0.15) is 5.00 Å². The van der Waals surface area contributed by atoms with E-state index in [9.17, 15) is 27.6 Å². The maximum absolute atomic E-state index is 13.4. The number of nitrogens with zero attached hydrogens (tertiary/aromatic N) is 2. The van der Waals surface area contributed by atoms with Crippen LogP contribution in [-0.2, 0) is 10.9 Å². The number of amides is 1. The molecule has 4 rings (SSSR count). The van der Waals surface area contributed by atoms with Gasteiger partial charge in [0.05, 0.1) is 28.8 Å². The van der Waals surface area contributed by atoms with Gasteiger partial charge in [0.2, 0.25) is 0 Å². The number of alkyl halides is 3. The predicted molar refractivity (Wildman–Crippen MR) is 125 cm³/mol. The highest BCUT2D eigenvalue weighted by Crippen LogP contribution is 2.34. The van der Waals surface area contributed by atoms with Crippen molar-refractivity contribution in [3.63, 3.8) is 0 Å². The van der Waals surface area contributed by atoms with E-state index in [4.69, 9.17) is 4.74 Å². The van der Waals surface area contributed by atoms with Gasteiger partial charge >= 0.3 is 12.1 Å². The van der Waals surface area contributed by atoms with Crippen molar-refractivity contribution < 1.29 is 27.5 Å². The van der Waals surface area contributed by atoms with E-state index in [1.165, 1.54) is 17.5 Å². The molecule has 35 heavy (non-hydrogen) atoms. The van der Waals surface area contributed by atoms with Gasteiger partial charge in [-0.2, -0.15) is 23.0 Å². The Morgan fingerprint density at radius 2 is 1.89 bits per heavy atom. The fourth-order valence-corrected chi connectivity index (χ4v) is 4.46. The fourth-order valence-electron chi connectivity index (χ4n) is 3.53. The van der Waals surface area contributed by atoms with Crippen LogP contribution < -0.4 is 10.9 Å². The molecule has 1 N–H and O–H groups in total. The number of hydrogen-bond donors (Lipinski definition) is 1. The Morgan fingerprint density at radius 1 is 1.14 bits per heavy atom. The van der Waals surface area contributed by atoms with Gasteiger partial charge in [0.25, 0.3) is 11.5 Å². The third-order valence-corrected chi connectivity index (χ3v) is 5.97. The van der Waals surface area contributed by atoms with Gasteiger partial charge in [-0.05, 0) is 43.7 Å². The number of fused-ring (bicyclic) bond motifs is 1. The molecule has 0 bridgehead atoms. The number of rotatable bonds is 5. The van der Waals surface area contributed by atoms with E-state index in [0.717, 1.165) is 33.7 Å². The van der Waals surface area contributed by atoms with Crippen molar-refractivity contribution in [3.05, 3.63) is 86.6 Å². The standard InChI is InChI=1S/C24H18F3N3O4S/c1-3-34-23(33)19-16-12-35-21(28-20(31)15-9-4-5-10-17(15)24(25,26)27)18(16)22(32)30(29-19)14-8-6-7-13(2)11-14/h4-12H,3H2,1-2H3,(H,28,31). The molecule has 0 fully saturated rings. The third-order valence-electron chi connectivity index (χ3n) is 5.07. The van der Waals surface area contributed by atoms with Crippen LogP contribution in [0.4, 0.5) is 18.2 Å². The molecule has 7 nitrogen and oxygen atoms in total. The Balaban J connectivity index is 1.89. The highest BCUT2D eigenvalue weighted by atomic mass is 32.1. The van der Waals surface area contributed by atoms with Crippen molar-refractivity contribution >= 4 is 39.0 Å². The van der Waals surface area contributed by atoms with E-state index in [0.29, 0.717) is 5.69 Å². The van der Waals surface area contributed by atoms with Gasteiger partial charge in [-0.25, -0.2) is 4.79 Å². The number of nitrogens with one attached hydrogen (secondary N) is 1. The molecule has 1 amide bonds. The van der Waals surface area contributed by atoms with Crippen LogP contribution in [-0.4, -0.2) is 28.3 Å². The zero-order valence-electron chi connectivity index (χ0n) is 18.5. The molecule has 0 radical (unpaired) electrons. The quantitative estimate of drug-likeness (QED) is 0.380. The number of thiophene rings is 1. The van der Waals surface area contributed by atoms with Crippen LogP contribution in [0.15, 0.2) is 58.7 Å². The average molecular weight is 501 g/mol. The lowest BCUT2D eigenvalue weighted by molar-refractivity contribution is -0.137. The first-order valence-electron chi connectivity index (χ1n) is 10.4. The van der Waals surface area contributed by atoms with Crippen molar-refractivity contribution in [2.45, 2.75) is 20.0 Å². The highest BCUT2D eigenvalue weighted by molar-refractivity contribution is 7.16. The van der Waals surface area contributed by atoms with E-state index in [1.54, 1.807) is 25.1 Å². The van der Waals surface area contributed by atoms with Gasteiger partial charge in [-0.3, -0.25) is 9.59 Å². The number of aryl methyl sites for hydroxylation is 1. The number of anilines is 1. The molecule has 180 valence electrons. The van der Waals surface area contributed by atoms with Crippen LogP contribution in [0.2, 0.25) is 0 Å². The summed E-state index contributed by atoms with van der Waals surface area (Å²) in [6.07, 6.45) is -4.75. The maximum Gasteiger partial charge on any atom is 0.417 e. The molecule has 0 saturated heterocycles. The number of halogens is 3. The van der Waals surface area contributed by atoms with Crippen LogP contribution in [0, 0.1) is 6.92 Å². The van der Waals surface area contributed by atoms with Gasteiger partial charge in [-0.15, -0.1) is 11.3 Å². The summed E-state index contributed by atoms with van der Waals surface area (Å²) >= 11 is 0.896. The number of ether oxygens (including phenoxy) is 1. The first-order chi connectivity index (χ1) is 16.6. The van der Waals surface area contributed by atoms with E-state index < -0.39 is 34.7 Å². The van der Waals surface area contributed by atoms with E-state index in [-0.39, 0.29) is 28.1 Å². The second-order valence-corrected chi connectivity index (χ2v) is 8.36. The third kappa shape index (κ3) is 4.67. The summed E-state index contributed by atoms with van der Waals surface area (Å²) in [5.74, 6) is -1.82. The molecule has 0 spiro atoms. The van der Waals surface area contributed by atoms with Gasteiger partial charge in [0.15, 0.2) is 5.69 Å². The van der Waals surface area contributed by atoms with Crippen molar-refractivity contribution in [3.8, 4) is 5.69 Å². The van der Waals surface area contributed by atoms with Crippen molar-refractivity contribution in [1.29, 1.82) is 0 Å². The zero-order valence-corrected chi connectivity index (χ0v) is 19.3. The van der Waals surface area contributed by atoms with Crippen LogP contribution >= 0.6 is 11.3 Å². The number of benzene rings is 2. The van der Waals surface area contributed by atoms with Gasteiger partial charge in [-0.1, -0.05) is 24.3 Å². The fraction of sp³-hybridized carbons (Fsp3) is 0.167. The van der Waals surface area contributed by atoms with Crippen LogP contribution in [0.25, 0.3) is 16.5 Å². The molecule has 0 aliphatic heterocycles. The zero-order chi connectivity index (χ0) is 25.3. The molecule has 2 aromatic heterocycles. The molecule has 2 heterocycles. The molecule has 0 aliphatic carbocycles. The summed E-state index contributed by atoms with van der Waals surface area (Å²) < 4.78 is 46.3. The highest BCUT2D eigenvalue weighted by Gasteiger charge is 2.35. The lowest BCUT2D eigenvalue weighted by Crippen LogP contribution is -2.26. The minimum absolute atomic E-state index is 0.0127. The Morgan fingerprint density at radius 3 is 2.57 bits per heavy atom. The Bertz CT molecular complexity index is 1510. The molecule has 11 heteroatoms. The molecule has 0 unspecified atom stereocenters. The molecular weight excluding hydrogens is 483 g/mol. The first kappa shape index (κ1) is 24.1. The Labute approximate surface area is 200 Å².